The number of piperazine rings is 3. The number of thiazole rings is 3. The minimum atomic E-state index is -3.82. The van der Waals surface area contributed by atoms with Crippen molar-refractivity contribution in [1.82, 2.24) is 53.3 Å². The van der Waals surface area contributed by atoms with Crippen molar-refractivity contribution < 1.29 is 79.4 Å². The van der Waals surface area contributed by atoms with Gasteiger partial charge in [-0.25, -0.2) is 59.5 Å². The first kappa shape index (κ1) is 98.0. The van der Waals surface area contributed by atoms with Gasteiger partial charge >= 0.3 is 0 Å². The first-order valence-corrected chi connectivity index (χ1v) is 51.4. The summed E-state index contributed by atoms with van der Waals surface area (Å²) in [6.45, 7) is 10.4. The van der Waals surface area contributed by atoms with Crippen molar-refractivity contribution in [1.29, 1.82) is 5.26 Å². The van der Waals surface area contributed by atoms with E-state index in [9.17, 15) is 72.3 Å². The van der Waals surface area contributed by atoms with Crippen molar-refractivity contribution in [3.63, 3.8) is 0 Å². The summed E-state index contributed by atoms with van der Waals surface area (Å²) in [5.74, 6) is -1.16. The smallest absolute Gasteiger partial charge is 0.263 e. The average Bonchev–Trinajstić information content (AvgIpc) is 1.60. The van der Waals surface area contributed by atoms with Crippen molar-refractivity contribution in [3.05, 3.63) is 295 Å². The van der Waals surface area contributed by atoms with Crippen LogP contribution in [0.4, 0.5) is 48.4 Å². The Hall–Kier alpha value is -14.5. The van der Waals surface area contributed by atoms with Gasteiger partial charge in [0.15, 0.2) is 15.4 Å². The summed E-state index contributed by atoms with van der Waals surface area (Å²) in [7, 11) is -11.3. The highest BCUT2D eigenvalue weighted by atomic mass is 32.2. The van der Waals surface area contributed by atoms with Gasteiger partial charge in [0, 0.05) is 181 Å². The van der Waals surface area contributed by atoms with E-state index in [1.807, 2.05) is 119 Å². The van der Waals surface area contributed by atoms with Gasteiger partial charge in [0.05, 0.1) is 38.4 Å². The molecule has 5 unspecified atom stereocenters. The fourth-order valence-corrected chi connectivity index (χ4v) is 21.9. The maximum Gasteiger partial charge on any atom is 0.263 e. The summed E-state index contributed by atoms with van der Waals surface area (Å²) >= 11 is 1.34. The third-order valence-corrected chi connectivity index (χ3v) is 30.6. The van der Waals surface area contributed by atoms with E-state index < -0.39 is 59.3 Å². The number of aliphatic hydroxyl groups is 1. The highest BCUT2D eigenvalue weighted by molar-refractivity contribution is 7.93. The van der Waals surface area contributed by atoms with Crippen LogP contribution in [0.3, 0.4) is 0 Å². The van der Waals surface area contributed by atoms with Crippen LogP contribution in [0.15, 0.2) is 298 Å². The molecule has 4 saturated heterocycles. The summed E-state index contributed by atoms with van der Waals surface area (Å²) < 4.78 is 124. The number of halogens is 1. The van der Waals surface area contributed by atoms with Gasteiger partial charge in [0.1, 0.15) is 48.7 Å². The molecule has 0 saturated carbocycles. The Balaban J connectivity index is 0.000000190. The summed E-state index contributed by atoms with van der Waals surface area (Å²) in [4.78, 5) is 109. The van der Waals surface area contributed by atoms with E-state index in [2.05, 4.69) is 55.0 Å². The minimum absolute atomic E-state index is 0. The monoisotopic (exact) mass is 2010 g/mol. The third-order valence-electron chi connectivity index (χ3n) is 23.4. The number of anilines is 8. The Kier molecular flexibility index (Phi) is 31.0. The molecule has 138 heavy (non-hydrogen) atoms. The van der Waals surface area contributed by atoms with Gasteiger partial charge in [0.25, 0.3) is 41.9 Å². The van der Waals surface area contributed by atoms with E-state index in [0.717, 1.165) is 49.2 Å². The number of nitrogens with two attached hydrogens (primary N) is 1. The van der Waals surface area contributed by atoms with E-state index in [0.29, 0.717) is 98.5 Å². The van der Waals surface area contributed by atoms with E-state index in [1.54, 1.807) is 136 Å². The lowest BCUT2D eigenvalue weighted by Gasteiger charge is -2.42. The number of aryl methyl sites for hydroxylation is 1. The Bertz CT molecular complexity index is 7300. The van der Waals surface area contributed by atoms with Crippen LogP contribution in [0.2, 0.25) is 0 Å². The number of imide groups is 1. The largest absolute Gasteiger partial charge is 0.768 e. The zero-order valence-corrected chi connectivity index (χ0v) is 80.0. The zero-order valence-electron chi connectivity index (χ0n) is 74.3. The molecule has 6 atom stereocenters. The Morgan fingerprint density at radius 2 is 1.07 bits per heavy atom. The fraction of sp³-hybridized carbons (Fsp3) is 0.221. The molecule has 4 aliphatic heterocycles. The van der Waals surface area contributed by atoms with E-state index >= 15 is 0 Å². The molecule has 6 amide bonds. The Morgan fingerprint density at radius 3 is 1.60 bits per heavy atom. The summed E-state index contributed by atoms with van der Waals surface area (Å²) in [6, 6.07) is 60.2. The number of nitriles is 1. The van der Waals surface area contributed by atoms with Crippen molar-refractivity contribution in [3.8, 4) is 6.07 Å². The molecule has 43 heteroatoms. The highest BCUT2D eigenvalue weighted by Gasteiger charge is 2.42. The normalized spacial score (nSPS) is 16.1. The van der Waals surface area contributed by atoms with Crippen LogP contribution in [0.25, 0.3) is 32.7 Å². The molecule has 6 N–H and O–H groups in total. The van der Waals surface area contributed by atoms with Gasteiger partial charge in [0.2, 0.25) is 23.6 Å². The van der Waals surface area contributed by atoms with Gasteiger partial charge < -0.3 is 58.5 Å². The van der Waals surface area contributed by atoms with Crippen molar-refractivity contribution in [2.45, 2.75) is 89.9 Å². The van der Waals surface area contributed by atoms with Gasteiger partial charge in [-0.2, -0.15) is 5.26 Å². The minimum Gasteiger partial charge on any atom is -0.768 e. The molecule has 0 spiro atoms. The second kappa shape index (κ2) is 43.7. The molecule has 4 fully saturated rings. The van der Waals surface area contributed by atoms with Crippen LogP contribution in [0.1, 0.15) is 70.0 Å². The standard InChI is InChI=1S/C26H26N6O3S2.C24H22FN5O4S2.C21H16N4O4S2.C20H24N2O4S.C4H5N3.5H2/c1-18-17-30(22-4-6-23(7-5-22)37(34,35)29-26-28-10-14-36-26)12-13-31(18)25(33)19(2)32-11-9-21-15-20(16-27)3-8-24(21)32;1-16(29-10-8-17-14-18(25)2-7-21(17)29)23(32)28-11-12-30(22(31)15-28)19-3-5-20(6-4-19)36(33,34)27-24-26-9-13-35-24;26-19-13-18(24-11-9-14-3-1-2-4-17(14)24)20(27)25(19)15-5-7-16(8-6-15)31(28,29)23-21-22-10-12-30-21;23-19(11-6-16-4-2-1-3-5-16)20(24)22-14-12-21(13-15-22)17-7-9-18(10-8-17)27(25)26;5-4-1-2-6-3-7-4;;;;;/h3-11,14-15,18-19H,12-13,17H2,1-2H3,(H,28,29);2-10,13-14,16H,11-12,15H2,1H3,(H,26,27);1-12,18H,13H2,(H,22,23);1-5,7-10,19,23H,6,11-15H2,(H,25,26);1-3H,(H2,5,6,7);5*1H/p-1/t;;;19-;;;;;;/m...1....../s1. The number of para-hydroxylation sites is 1. The first-order chi connectivity index (χ1) is 66.4. The van der Waals surface area contributed by atoms with Crippen LogP contribution in [-0.4, -0.2) is 205 Å². The summed E-state index contributed by atoms with van der Waals surface area (Å²) in [5, 5.41) is 27.9. The van der Waals surface area contributed by atoms with Gasteiger partial charge in [-0.15, -0.1) is 34.0 Å². The van der Waals surface area contributed by atoms with Crippen LogP contribution in [-0.2, 0) is 76.3 Å². The average molecular weight is 2010 g/mol. The second-order valence-corrected chi connectivity index (χ2v) is 40.8. The molecule has 722 valence electrons. The second-order valence-electron chi connectivity index (χ2n) is 32.1. The predicted octanol–water partition coefficient (Wildman–Crippen LogP) is 13.8. The van der Waals surface area contributed by atoms with E-state index in [1.165, 1.54) is 111 Å². The molecular weight excluding hydrogens is 1900 g/mol. The number of amides is 6. The van der Waals surface area contributed by atoms with Crippen molar-refractivity contribution in [2.75, 3.05) is 105 Å². The molecule has 0 aliphatic carbocycles. The predicted molar refractivity (Wildman–Crippen MR) is 537 cm³/mol. The quantitative estimate of drug-likeness (QED) is 0.0293. The topological polar surface area (TPSA) is 453 Å². The number of aromatic nitrogens is 8. The lowest BCUT2D eigenvalue weighted by atomic mass is 10.1. The molecule has 7 aromatic heterocycles. The number of hydrogen-bond donors (Lipinski definition) is 5. The maximum atomic E-state index is 13.5. The molecule has 15 aromatic rings. The lowest BCUT2D eigenvalue weighted by molar-refractivity contribution is -0.141. The Labute approximate surface area is 815 Å². The molecule has 0 radical (unpaired) electrons. The number of sulfonamides is 3. The maximum absolute atomic E-state index is 13.5. The fourth-order valence-electron chi connectivity index (χ4n) is 16.2. The third kappa shape index (κ3) is 23.4. The van der Waals surface area contributed by atoms with E-state index in [-0.39, 0.29) is 110 Å². The first-order valence-electron chi connectivity index (χ1n) is 43.2. The lowest BCUT2D eigenvalue weighted by Crippen LogP contribution is -2.55. The number of carbonyl (C=O) groups excluding carboxylic acids is 6. The van der Waals surface area contributed by atoms with Crippen molar-refractivity contribution >= 4 is 187 Å². The number of hydrogen-bond acceptors (Lipinski definition) is 27. The highest BCUT2D eigenvalue weighted by Crippen LogP contribution is 2.36. The number of benzene rings is 8. The molecule has 8 aromatic carbocycles. The Morgan fingerprint density at radius 1 is 0.558 bits per heavy atom. The molecule has 35 nitrogen and oxygen atoms in total. The van der Waals surface area contributed by atoms with Crippen molar-refractivity contribution in [2.24, 2.45) is 0 Å². The van der Waals surface area contributed by atoms with Gasteiger partial charge in [-0.3, -0.25) is 47.1 Å². The van der Waals surface area contributed by atoms with Gasteiger partial charge in [-0.1, -0.05) is 48.5 Å². The van der Waals surface area contributed by atoms with Crippen LogP contribution >= 0.6 is 34.0 Å². The summed E-state index contributed by atoms with van der Waals surface area (Å²) in [5.41, 5.74) is 12.2. The molecular formula is C95H102FN20O15S7-. The number of nitrogens with one attached hydrogen (secondary N) is 3. The number of carbonyl (C=O) groups is 6. The number of nitrogen functional groups attached to an aromatic ring is 1. The van der Waals surface area contributed by atoms with E-state index in [4.69, 9.17) is 11.0 Å². The number of fused-ring (bicyclic) bond motifs is 3. The molecule has 19 rings (SSSR count). The number of rotatable bonds is 23. The van der Waals surface area contributed by atoms with Crippen LogP contribution in [0, 0.1) is 17.1 Å². The van der Waals surface area contributed by atoms with Gasteiger partial charge in [-0.05, 0) is 219 Å². The number of nitrogens with zero attached hydrogens (tertiary/aromatic N) is 16. The molecule has 4 aliphatic rings. The zero-order chi connectivity index (χ0) is 97.5. The molecule has 11 heterocycles. The SMILES string of the molecule is CC(C(=O)N1CCN(c2ccc(S(=O)(=O)Nc3nccs3)cc2)C(=O)C1)n1ccc2cc(F)ccc21.CC1CN(c2ccc(S(=O)(=O)Nc3nccs3)cc2)CCN1C(=O)C(C)n1ccc2cc(C#N)ccc21.Nc1ccncn1.O=C([C@H](O)CCc1ccccc1)N1CCN(c2ccc(S(=O)[O-])cc2)CC1.O=C1CC(n2ccc3ccccc32)C(=O)N1c1ccc(S(=O)(=O)Nc2nccs2)cc1.[HH].[HH].[HH].[HH].[HH]. The van der Waals surface area contributed by atoms with Crippen LogP contribution < -0.4 is 39.5 Å². The van der Waals surface area contributed by atoms with Crippen LogP contribution in [0.5, 0.6) is 0 Å². The molecule has 0 bridgehead atoms. The number of aliphatic hydroxyl groups excluding tert-OH is 1. The summed E-state index contributed by atoms with van der Waals surface area (Å²) in [6.07, 6.45) is 13.2.